The van der Waals surface area contributed by atoms with Crippen molar-refractivity contribution < 1.29 is 14.3 Å². The Hall–Kier alpha value is -1.98. The van der Waals surface area contributed by atoms with Crippen molar-refractivity contribution in [3.05, 3.63) is 60.2 Å². The summed E-state index contributed by atoms with van der Waals surface area (Å²) in [6, 6.07) is 17.6. The van der Waals surface area contributed by atoms with Crippen molar-refractivity contribution >= 4 is 17.7 Å². The predicted molar refractivity (Wildman–Crippen MR) is 105 cm³/mol. The minimum absolute atomic E-state index is 0.0273. The average Bonchev–Trinajstić information content (AvgIpc) is 2.69. The van der Waals surface area contributed by atoms with Crippen molar-refractivity contribution in [1.29, 1.82) is 0 Å². The summed E-state index contributed by atoms with van der Waals surface area (Å²) in [6.07, 6.45) is 1.85. The van der Waals surface area contributed by atoms with Gasteiger partial charge in [-0.1, -0.05) is 18.2 Å². The van der Waals surface area contributed by atoms with E-state index in [2.05, 4.69) is 17.4 Å². The second-order valence-corrected chi connectivity index (χ2v) is 7.89. The Bertz CT molecular complexity index is 697. The minimum atomic E-state index is -0.0485. The molecule has 1 heterocycles. The van der Waals surface area contributed by atoms with Crippen LogP contribution in [0.15, 0.2) is 59.5 Å². The Labute approximate surface area is 159 Å². The monoisotopic (exact) mass is 371 g/mol. The maximum Gasteiger partial charge on any atom is 0.251 e. The third-order valence-corrected chi connectivity index (χ3v) is 5.97. The Balaban J connectivity index is 1.64. The Morgan fingerprint density at radius 1 is 1.12 bits per heavy atom. The first kappa shape index (κ1) is 18.8. The summed E-state index contributed by atoms with van der Waals surface area (Å²) >= 11 is 1.84. The maximum atomic E-state index is 12.6. The molecule has 1 aliphatic rings. The van der Waals surface area contributed by atoms with Crippen LogP contribution in [0.3, 0.4) is 0 Å². The highest BCUT2D eigenvalue weighted by Crippen LogP contribution is 2.40. The number of amides is 1. The second kappa shape index (κ2) is 9.10. The van der Waals surface area contributed by atoms with Gasteiger partial charge in [-0.25, -0.2) is 0 Å². The van der Waals surface area contributed by atoms with Gasteiger partial charge in [0.15, 0.2) is 0 Å². The number of hydrogen-bond donors (Lipinski definition) is 1. The number of nitrogens with one attached hydrogen (secondary N) is 1. The van der Waals surface area contributed by atoms with Crippen LogP contribution in [0.2, 0.25) is 0 Å². The van der Waals surface area contributed by atoms with Gasteiger partial charge in [0.2, 0.25) is 0 Å². The Kier molecular flexibility index (Phi) is 6.58. The number of hydrogen-bond acceptors (Lipinski definition) is 4. The molecule has 0 radical (unpaired) electrons. The molecule has 5 heteroatoms. The lowest BCUT2D eigenvalue weighted by Gasteiger charge is -2.36. The quantitative estimate of drug-likeness (QED) is 0.794. The number of ether oxygens (including phenoxy) is 2. The van der Waals surface area contributed by atoms with Crippen molar-refractivity contribution in [2.75, 3.05) is 26.4 Å². The van der Waals surface area contributed by atoms with E-state index in [1.807, 2.05) is 49.0 Å². The van der Waals surface area contributed by atoms with Crippen molar-refractivity contribution in [2.24, 2.45) is 0 Å². The third-order valence-electron chi connectivity index (χ3n) is 4.48. The summed E-state index contributed by atoms with van der Waals surface area (Å²) in [6.45, 7) is 4.66. The van der Waals surface area contributed by atoms with Crippen LogP contribution in [0.4, 0.5) is 0 Å². The number of benzene rings is 2. The highest BCUT2D eigenvalue weighted by atomic mass is 32.2. The number of carbonyl (C=O) groups is 1. The smallest absolute Gasteiger partial charge is 0.251 e. The van der Waals surface area contributed by atoms with Crippen molar-refractivity contribution in [2.45, 2.75) is 29.4 Å². The van der Waals surface area contributed by atoms with Gasteiger partial charge in [-0.15, -0.1) is 11.8 Å². The molecule has 3 rings (SSSR count). The molecule has 138 valence electrons. The van der Waals surface area contributed by atoms with Crippen molar-refractivity contribution in [3.63, 3.8) is 0 Å². The molecule has 0 saturated carbocycles. The minimum Gasteiger partial charge on any atom is -0.494 e. The van der Waals surface area contributed by atoms with E-state index >= 15 is 0 Å². The summed E-state index contributed by atoms with van der Waals surface area (Å²) in [5.74, 6) is 0.733. The number of carbonyl (C=O) groups excluding carboxylic acids is 1. The normalized spacial score (nSPS) is 16.0. The third kappa shape index (κ3) is 5.02. The standard InChI is InChI=1S/C21H25NO3S/c1-2-25-18-10-8-17(9-11-18)20(23)22-16-21(12-14-24-15-13-21)26-19-6-4-3-5-7-19/h3-11H,2,12-16H2,1H3,(H,22,23). The molecule has 1 N–H and O–H groups in total. The molecule has 0 spiro atoms. The summed E-state index contributed by atoms with van der Waals surface area (Å²) < 4.78 is 11.0. The zero-order valence-electron chi connectivity index (χ0n) is 15.1. The van der Waals surface area contributed by atoms with E-state index in [-0.39, 0.29) is 10.7 Å². The van der Waals surface area contributed by atoms with E-state index < -0.39 is 0 Å². The fraction of sp³-hybridized carbons (Fsp3) is 0.381. The van der Waals surface area contributed by atoms with Crippen molar-refractivity contribution in [1.82, 2.24) is 5.32 Å². The Morgan fingerprint density at radius 2 is 1.81 bits per heavy atom. The van der Waals surface area contributed by atoms with E-state index in [0.29, 0.717) is 18.7 Å². The van der Waals surface area contributed by atoms with Gasteiger partial charge in [-0.2, -0.15) is 0 Å². The van der Waals surface area contributed by atoms with E-state index in [4.69, 9.17) is 9.47 Å². The first-order valence-electron chi connectivity index (χ1n) is 9.04. The molecule has 4 nitrogen and oxygen atoms in total. The van der Waals surface area contributed by atoms with E-state index in [9.17, 15) is 4.79 Å². The van der Waals surface area contributed by atoms with Gasteiger partial charge in [0.25, 0.3) is 5.91 Å². The van der Waals surface area contributed by atoms with Crippen LogP contribution < -0.4 is 10.1 Å². The molecule has 1 fully saturated rings. The fourth-order valence-electron chi connectivity index (χ4n) is 3.01. The first-order valence-corrected chi connectivity index (χ1v) is 9.85. The zero-order valence-corrected chi connectivity index (χ0v) is 15.9. The van der Waals surface area contributed by atoms with Crippen LogP contribution in [0.1, 0.15) is 30.1 Å². The van der Waals surface area contributed by atoms with E-state index in [0.717, 1.165) is 31.8 Å². The fourth-order valence-corrected chi connectivity index (χ4v) is 4.32. The average molecular weight is 372 g/mol. The zero-order chi connectivity index (χ0) is 18.2. The summed E-state index contributed by atoms with van der Waals surface area (Å²) in [7, 11) is 0. The van der Waals surface area contributed by atoms with Gasteiger partial charge in [0.1, 0.15) is 5.75 Å². The van der Waals surface area contributed by atoms with Crippen LogP contribution in [0.5, 0.6) is 5.75 Å². The molecule has 1 aliphatic heterocycles. The van der Waals surface area contributed by atoms with E-state index in [1.54, 1.807) is 12.1 Å². The predicted octanol–water partition coefficient (Wildman–Crippen LogP) is 4.16. The lowest BCUT2D eigenvalue weighted by molar-refractivity contribution is 0.0741. The Morgan fingerprint density at radius 3 is 2.46 bits per heavy atom. The molecule has 0 aromatic heterocycles. The molecule has 26 heavy (non-hydrogen) atoms. The maximum absolute atomic E-state index is 12.6. The highest BCUT2D eigenvalue weighted by molar-refractivity contribution is 8.00. The molecule has 0 unspecified atom stereocenters. The van der Waals surface area contributed by atoms with Crippen LogP contribution in [0, 0.1) is 0 Å². The lowest BCUT2D eigenvalue weighted by atomic mass is 9.99. The molecule has 2 aromatic carbocycles. The molecule has 0 bridgehead atoms. The van der Waals surface area contributed by atoms with Crippen LogP contribution >= 0.6 is 11.8 Å². The van der Waals surface area contributed by atoms with Crippen LogP contribution in [-0.2, 0) is 4.74 Å². The molecule has 1 saturated heterocycles. The van der Waals surface area contributed by atoms with Crippen LogP contribution in [0.25, 0.3) is 0 Å². The molecule has 2 aromatic rings. The van der Waals surface area contributed by atoms with Gasteiger partial charge >= 0.3 is 0 Å². The van der Waals surface area contributed by atoms with Gasteiger partial charge in [0, 0.05) is 35.0 Å². The molecule has 1 amide bonds. The lowest BCUT2D eigenvalue weighted by Crippen LogP contribution is -2.44. The summed E-state index contributed by atoms with van der Waals surface area (Å²) in [4.78, 5) is 13.8. The molecule has 0 atom stereocenters. The highest BCUT2D eigenvalue weighted by Gasteiger charge is 2.34. The van der Waals surface area contributed by atoms with Gasteiger partial charge in [-0.05, 0) is 56.2 Å². The molecular weight excluding hydrogens is 346 g/mol. The SMILES string of the molecule is CCOc1ccc(C(=O)NCC2(Sc3ccccc3)CCOCC2)cc1. The number of thioether (sulfide) groups is 1. The second-order valence-electron chi connectivity index (χ2n) is 6.35. The van der Waals surface area contributed by atoms with E-state index in [1.165, 1.54) is 4.90 Å². The number of rotatable bonds is 7. The summed E-state index contributed by atoms with van der Waals surface area (Å²) in [5, 5.41) is 3.13. The topological polar surface area (TPSA) is 47.6 Å². The van der Waals surface area contributed by atoms with Crippen LogP contribution in [-0.4, -0.2) is 37.0 Å². The summed E-state index contributed by atoms with van der Waals surface area (Å²) in [5.41, 5.74) is 0.653. The van der Waals surface area contributed by atoms with Gasteiger partial charge in [-0.3, -0.25) is 4.79 Å². The molecule has 0 aliphatic carbocycles. The first-order chi connectivity index (χ1) is 12.7. The largest absolute Gasteiger partial charge is 0.494 e. The molecular formula is C21H25NO3S. The van der Waals surface area contributed by atoms with Crippen molar-refractivity contribution in [3.8, 4) is 5.75 Å². The van der Waals surface area contributed by atoms with Gasteiger partial charge in [0.05, 0.1) is 6.61 Å². The van der Waals surface area contributed by atoms with Gasteiger partial charge < -0.3 is 14.8 Å².